The number of primary amides is 2. The van der Waals surface area contributed by atoms with Crippen molar-refractivity contribution in [3.8, 4) is 0 Å². The maximum absolute atomic E-state index is 13.0. The Morgan fingerprint density at radius 1 is 1.03 bits per heavy atom. The number of nitrogens with zero attached hydrogens (tertiary/aromatic N) is 2. The van der Waals surface area contributed by atoms with Crippen LogP contribution in [0.5, 0.6) is 0 Å². The molecule has 0 aliphatic rings. The van der Waals surface area contributed by atoms with Gasteiger partial charge in [0.25, 0.3) is 0 Å². The molecule has 1 heterocycles. The standard InChI is InChI=1S/C28H34N4O7/c1-28(2,3)39-27(37)31(14-12-24(29)34)16-18(26(30)36)7-6-13-32(17-33)19-10-11-23-21(15-19)25(35)20-8-4-5-9-22(20)38-23/h4-5,8-11,15,17-18H,6-7,12-14,16H2,1-3H3,(H2,29,34)(H2,30,36). The summed E-state index contributed by atoms with van der Waals surface area (Å²) in [6.07, 6.45) is 0.481. The summed E-state index contributed by atoms with van der Waals surface area (Å²) < 4.78 is 11.2. The van der Waals surface area contributed by atoms with Gasteiger partial charge in [0.1, 0.15) is 16.8 Å². The Balaban J connectivity index is 1.72. The van der Waals surface area contributed by atoms with E-state index in [1.807, 2.05) is 0 Å². The third-order valence-electron chi connectivity index (χ3n) is 6.09. The molecule has 11 heteroatoms. The molecule has 208 valence electrons. The smallest absolute Gasteiger partial charge is 0.410 e. The molecular weight excluding hydrogens is 504 g/mol. The summed E-state index contributed by atoms with van der Waals surface area (Å²) in [5.74, 6) is -1.98. The first kappa shape index (κ1) is 29.2. The van der Waals surface area contributed by atoms with Crippen molar-refractivity contribution in [1.82, 2.24) is 4.90 Å². The Bertz CT molecular complexity index is 1430. The fourth-order valence-corrected chi connectivity index (χ4v) is 4.14. The predicted octanol–water partition coefficient (Wildman–Crippen LogP) is 2.90. The first-order valence-corrected chi connectivity index (χ1v) is 12.6. The van der Waals surface area contributed by atoms with Gasteiger partial charge in [-0.05, 0) is 63.9 Å². The molecule has 0 radical (unpaired) electrons. The zero-order valence-electron chi connectivity index (χ0n) is 22.3. The van der Waals surface area contributed by atoms with E-state index in [-0.39, 0.29) is 37.9 Å². The maximum Gasteiger partial charge on any atom is 0.410 e. The highest BCUT2D eigenvalue weighted by Crippen LogP contribution is 2.24. The largest absolute Gasteiger partial charge is 0.456 e. The zero-order valence-corrected chi connectivity index (χ0v) is 22.3. The van der Waals surface area contributed by atoms with Gasteiger partial charge in [0, 0.05) is 31.7 Å². The fourth-order valence-electron chi connectivity index (χ4n) is 4.14. The second kappa shape index (κ2) is 12.4. The molecule has 1 unspecified atom stereocenters. The van der Waals surface area contributed by atoms with Gasteiger partial charge < -0.3 is 30.4 Å². The first-order valence-electron chi connectivity index (χ1n) is 12.6. The van der Waals surface area contributed by atoms with Crippen molar-refractivity contribution in [3.63, 3.8) is 0 Å². The lowest BCUT2D eigenvalue weighted by atomic mass is 10.0. The SMILES string of the molecule is CC(C)(C)OC(=O)N(CCC(N)=O)CC(CCCN(C=O)c1ccc2oc3ccccc3c(=O)c2c1)C(N)=O. The minimum atomic E-state index is -0.780. The molecule has 3 aromatic rings. The van der Waals surface area contributed by atoms with Crippen molar-refractivity contribution in [2.24, 2.45) is 17.4 Å². The van der Waals surface area contributed by atoms with Crippen molar-refractivity contribution in [2.75, 3.05) is 24.5 Å². The third kappa shape index (κ3) is 7.79. The highest BCUT2D eigenvalue weighted by atomic mass is 16.6. The van der Waals surface area contributed by atoms with E-state index in [9.17, 15) is 24.0 Å². The molecule has 0 aliphatic heterocycles. The van der Waals surface area contributed by atoms with E-state index in [0.29, 0.717) is 40.5 Å². The molecule has 11 nitrogen and oxygen atoms in total. The summed E-state index contributed by atoms with van der Waals surface area (Å²) in [7, 11) is 0. The molecule has 0 fully saturated rings. The van der Waals surface area contributed by atoms with Crippen molar-refractivity contribution in [2.45, 2.75) is 45.6 Å². The molecule has 3 rings (SSSR count). The van der Waals surface area contributed by atoms with E-state index in [0.717, 1.165) is 0 Å². The highest BCUT2D eigenvalue weighted by molar-refractivity contribution is 5.92. The second-order valence-electron chi connectivity index (χ2n) is 10.3. The number of rotatable bonds is 12. The van der Waals surface area contributed by atoms with Crippen LogP contribution in [0, 0.1) is 5.92 Å². The Morgan fingerprint density at radius 2 is 1.72 bits per heavy atom. The van der Waals surface area contributed by atoms with Gasteiger partial charge in [-0.1, -0.05) is 12.1 Å². The number of amides is 4. The van der Waals surface area contributed by atoms with Gasteiger partial charge in [-0.2, -0.15) is 0 Å². The van der Waals surface area contributed by atoms with Gasteiger partial charge in [0.15, 0.2) is 0 Å². The van der Waals surface area contributed by atoms with Crippen LogP contribution in [0.2, 0.25) is 0 Å². The molecule has 1 aromatic heterocycles. The van der Waals surface area contributed by atoms with Gasteiger partial charge in [-0.25, -0.2) is 4.79 Å². The molecule has 4 N–H and O–H groups in total. The van der Waals surface area contributed by atoms with Crippen molar-refractivity contribution in [1.29, 1.82) is 0 Å². The number of benzene rings is 2. The van der Waals surface area contributed by atoms with Crippen LogP contribution in [-0.2, 0) is 19.1 Å². The number of anilines is 1. The first-order chi connectivity index (χ1) is 18.4. The van der Waals surface area contributed by atoms with Crippen LogP contribution in [0.15, 0.2) is 51.7 Å². The lowest BCUT2D eigenvalue weighted by Crippen LogP contribution is -2.43. The molecule has 0 saturated heterocycles. The molecule has 0 saturated carbocycles. The summed E-state index contributed by atoms with van der Waals surface area (Å²) in [5.41, 5.74) is 11.2. The number of carbonyl (C=O) groups is 4. The minimum absolute atomic E-state index is 0.0250. The number of nitrogens with two attached hydrogens (primary N) is 2. The number of ether oxygens (including phenoxy) is 1. The average Bonchev–Trinajstić information content (AvgIpc) is 2.86. The van der Waals surface area contributed by atoms with Crippen molar-refractivity contribution in [3.05, 3.63) is 52.7 Å². The average molecular weight is 539 g/mol. The van der Waals surface area contributed by atoms with Crippen LogP contribution in [0.25, 0.3) is 21.9 Å². The number of hydrogen-bond acceptors (Lipinski definition) is 7. The molecule has 0 aliphatic carbocycles. The van der Waals surface area contributed by atoms with Gasteiger partial charge in [-0.15, -0.1) is 0 Å². The highest BCUT2D eigenvalue weighted by Gasteiger charge is 2.27. The number of para-hydroxylation sites is 1. The lowest BCUT2D eigenvalue weighted by Gasteiger charge is -2.29. The molecule has 0 spiro atoms. The van der Waals surface area contributed by atoms with Crippen molar-refractivity contribution < 1.29 is 28.3 Å². The topological polar surface area (TPSA) is 166 Å². The molecule has 4 amide bonds. The molecule has 39 heavy (non-hydrogen) atoms. The van der Waals surface area contributed by atoms with Gasteiger partial charge in [0.2, 0.25) is 23.7 Å². The lowest BCUT2D eigenvalue weighted by molar-refractivity contribution is -0.122. The molecule has 0 bridgehead atoms. The molecule has 1 atom stereocenters. The summed E-state index contributed by atoms with van der Waals surface area (Å²) >= 11 is 0. The summed E-state index contributed by atoms with van der Waals surface area (Å²) in [6, 6.07) is 11.8. The van der Waals surface area contributed by atoms with Crippen molar-refractivity contribution >= 4 is 51.9 Å². The van der Waals surface area contributed by atoms with Gasteiger partial charge in [0.05, 0.1) is 16.7 Å². The van der Waals surface area contributed by atoms with Crippen LogP contribution in [0.4, 0.5) is 10.5 Å². The normalized spacial score (nSPS) is 12.2. The summed E-state index contributed by atoms with van der Waals surface area (Å²) in [6.45, 7) is 5.25. The Hall–Kier alpha value is -4.41. The Labute approximate surface area is 225 Å². The summed E-state index contributed by atoms with van der Waals surface area (Å²) in [5, 5.41) is 0.783. The van der Waals surface area contributed by atoms with E-state index in [1.165, 1.54) is 9.80 Å². The van der Waals surface area contributed by atoms with Crippen LogP contribution >= 0.6 is 0 Å². The zero-order chi connectivity index (χ0) is 28.7. The minimum Gasteiger partial charge on any atom is -0.456 e. The van der Waals surface area contributed by atoms with E-state index >= 15 is 0 Å². The van der Waals surface area contributed by atoms with Gasteiger partial charge >= 0.3 is 6.09 Å². The van der Waals surface area contributed by atoms with Crippen LogP contribution in [0.3, 0.4) is 0 Å². The van der Waals surface area contributed by atoms with Gasteiger partial charge in [-0.3, -0.25) is 19.2 Å². The second-order valence-corrected chi connectivity index (χ2v) is 10.3. The maximum atomic E-state index is 13.0. The van der Waals surface area contributed by atoms with Crippen LogP contribution < -0.4 is 21.8 Å². The molecule has 2 aromatic carbocycles. The van der Waals surface area contributed by atoms with Crippen LogP contribution in [0.1, 0.15) is 40.0 Å². The quantitative estimate of drug-likeness (QED) is 0.264. The van der Waals surface area contributed by atoms with E-state index in [1.54, 1.807) is 63.2 Å². The van der Waals surface area contributed by atoms with E-state index < -0.39 is 29.4 Å². The molecular formula is C28H34N4O7. The predicted molar refractivity (Wildman–Crippen MR) is 147 cm³/mol. The number of fused-ring (bicyclic) bond motifs is 2. The number of carbonyl (C=O) groups excluding carboxylic acids is 4. The fraction of sp³-hybridized carbons (Fsp3) is 0.393. The third-order valence-corrected chi connectivity index (χ3v) is 6.09. The summed E-state index contributed by atoms with van der Waals surface area (Å²) in [4.78, 5) is 63.7. The monoisotopic (exact) mass is 538 g/mol. The Morgan fingerprint density at radius 3 is 2.36 bits per heavy atom. The van der Waals surface area contributed by atoms with Crippen LogP contribution in [-0.4, -0.2) is 54.5 Å². The van der Waals surface area contributed by atoms with E-state index in [2.05, 4.69) is 0 Å². The van der Waals surface area contributed by atoms with E-state index in [4.69, 9.17) is 20.6 Å². The number of hydrogen-bond donors (Lipinski definition) is 2. The Kier molecular flexibility index (Phi) is 9.29.